The van der Waals surface area contributed by atoms with Crippen LogP contribution in [0.25, 0.3) is 0 Å². The van der Waals surface area contributed by atoms with Crippen molar-refractivity contribution in [3.8, 4) is 0 Å². The Hall–Kier alpha value is -2.67. The summed E-state index contributed by atoms with van der Waals surface area (Å²) in [6.07, 6.45) is 1.09. The van der Waals surface area contributed by atoms with Crippen molar-refractivity contribution in [2.24, 2.45) is 0 Å². The number of halogens is 1. The lowest BCUT2D eigenvalue weighted by atomic mass is 10.1. The summed E-state index contributed by atoms with van der Waals surface area (Å²) in [6.45, 7) is 1.17. The van der Waals surface area contributed by atoms with Crippen LogP contribution in [0.2, 0.25) is 5.02 Å². The van der Waals surface area contributed by atoms with Gasteiger partial charge in [-0.25, -0.2) is 8.42 Å². The van der Waals surface area contributed by atoms with E-state index in [0.717, 1.165) is 22.9 Å². The van der Waals surface area contributed by atoms with Gasteiger partial charge in [0.05, 0.1) is 28.7 Å². The number of nitrogens with one attached hydrogen (secondary N) is 1. The van der Waals surface area contributed by atoms with Gasteiger partial charge in [0.25, 0.3) is 5.91 Å². The molecule has 0 radical (unpaired) electrons. The molecule has 1 N–H and O–H groups in total. The highest BCUT2D eigenvalue weighted by Crippen LogP contribution is 2.21. The zero-order valence-corrected chi connectivity index (χ0v) is 18.0. The smallest absolute Gasteiger partial charge is 0.253 e. The minimum absolute atomic E-state index is 0.0479. The summed E-state index contributed by atoms with van der Waals surface area (Å²) in [5.41, 5.74) is 3.08. The van der Waals surface area contributed by atoms with Crippen molar-refractivity contribution >= 4 is 27.3 Å². The Kier molecular flexibility index (Phi) is 7.26. The number of benzene rings is 3. The Bertz CT molecular complexity index is 1130. The van der Waals surface area contributed by atoms with Crippen LogP contribution >= 0.6 is 11.6 Å². The van der Waals surface area contributed by atoms with Gasteiger partial charge in [-0.15, -0.1) is 0 Å². The summed E-state index contributed by atoms with van der Waals surface area (Å²) in [5, 5.41) is 3.00. The van der Waals surface area contributed by atoms with Crippen molar-refractivity contribution in [1.29, 1.82) is 0 Å². The van der Waals surface area contributed by atoms with E-state index >= 15 is 0 Å². The van der Waals surface area contributed by atoms with E-state index in [1.54, 1.807) is 0 Å². The summed E-state index contributed by atoms with van der Waals surface area (Å²) in [4.78, 5) is 12.7. The molecule has 0 atom stereocenters. The Balaban J connectivity index is 1.65. The first-order valence-corrected chi connectivity index (χ1v) is 11.6. The van der Waals surface area contributed by atoms with E-state index in [2.05, 4.69) is 5.32 Å². The standard InChI is InChI=1S/C23H22ClNO4S/c1-30(27,28)20-11-12-22(24)21(13-20)23(26)25-14-18-9-5-6-10-19(18)16-29-15-17-7-3-2-4-8-17/h2-13H,14-16H2,1H3,(H,25,26). The van der Waals surface area contributed by atoms with Crippen LogP contribution in [-0.2, 0) is 34.3 Å². The zero-order valence-electron chi connectivity index (χ0n) is 16.5. The molecular formula is C23H22ClNO4S. The minimum Gasteiger partial charge on any atom is -0.372 e. The molecule has 156 valence electrons. The molecule has 7 heteroatoms. The molecule has 30 heavy (non-hydrogen) atoms. The molecule has 0 unspecified atom stereocenters. The summed E-state index contributed by atoms with van der Waals surface area (Å²) in [7, 11) is -3.44. The number of sulfone groups is 1. The van der Waals surface area contributed by atoms with Gasteiger partial charge < -0.3 is 10.1 Å². The van der Waals surface area contributed by atoms with Crippen LogP contribution in [0.15, 0.2) is 77.7 Å². The van der Waals surface area contributed by atoms with Crippen LogP contribution in [0, 0.1) is 0 Å². The van der Waals surface area contributed by atoms with Gasteiger partial charge in [0.15, 0.2) is 9.84 Å². The third kappa shape index (κ3) is 5.92. The molecule has 3 aromatic carbocycles. The maximum Gasteiger partial charge on any atom is 0.253 e. The molecule has 3 rings (SSSR count). The van der Waals surface area contributed by atoms with Crippen molar-refractivity contribution in [3.05, 3.63) is 100 Å². The van der Waals surface area contributed by atoms with Crippen molar-refractivity contribution in [3.63, 3.8) is 0 Å². The van der Waals surface area contributed by atoms with E-state index in [1.165, 1.54) is 18.2 Å². The van der Waals surface area contributed by atoms with Gasteiger partial charge in [0.1, 0.15) is 0 Å². The lowest BCUT2D eigenvalue weighted by Crippen LogP contribution is -2.24. The SMILES string of the molecule is CS(=O)(=O)c1ccc(Cl)c(C(=O)NCc2ccccc2COCc2ccccc2)c1. The number of amides is 1. The fourth-order valence-corrected chi connectivity index (χ4v) is 3.75. The third-order valence-electron chi connectivity index (χ3n) is 4.54. The van der Waals surface area contributed by atoms with Crippen molar-refractivity contribution < 1.29 is 17.9 Å². The van der Waals surface area contributed by atoms with Crippen LogP contribution in [0.5, 0.6) is 0 Å². The van der Waals surface area contributed by atoms with Gasteiger partial charge >= 0.3 is 0 Å². The number of ether oxygens (including phenoxy) is 1. The van der Waals surface area contributed by atoms with Gasteiger partial charge in [-0.05, 0) is 34.9 Å². The molecule has 0 aromatic heterocycles. The van der Waals surface area contributed by atoms with E-state index < -0.39 is 15.7 Å². The molecule has 0 aliphatic carbocycles. The first-order valence-electron chi connectivity index (χ1n) is 9.31. The molecule has 0 fully saturated rings. The highest BCUT2D eigenvalue weighted by Gasteiger charge is 2.15. The third-order valence-corrected chi connectivity index (χ3v) is 5.98. The lowest BCUT2D eigenvalue weighted by molar-refractivity contribution is 0.0947. The fourth-order valence-electron chi connectivity index (χ4n) is 2.90. The quantitative estimate of drug-likeness (QED) is 0.560. The lowest BCUT2D eigenvalue weighted by Gasteiger charge is -2.12. The highest BCUT2D eigenvalue weighted by atomic mass is 35.5. The van der Waals surface area contributed by atoms with Gasteiger partial charge in [0, 0.05) is 12.8 Å². The van der Waals surface area contributed by atoms with E-state index in [0.29, 0.717) is 13.2 Å². The second-order valence-electron chi connectivity index (χ2n) is 6.84. The topological polar surface area (TPSA) is 72.5 Å². The summed E-state index contributed by atoms with van der Waals surface area (Å²) >= 11 is 6.11. The molecule has 0 saturated heterocycles. The number of rotatable bonds is 8. The monoisotopic (exact) mass is 443 g/mol. The molecule has 0 heterocycles. The predicted octanol–water partition coefficient (Wildman–Crippen LogP) is 4.39. The van der Waals surface area contributed by atoms with Crippen molar-refractivity contribution in [2.45, 2.75) is 24.7 Å². The Morgan fingerprint density at radius 1 is 0.933 bits per heavy atom. The van der Waals surface area contributed by atoms with Crippen LogP contribution in [0.1, 0.15) is 27.0 Å². The molecule has 0 aliphatic rings. The second kappa shape index (κ2) is 9.89. The van der Waals surface area contributed by atoms with E-state index in [4.69, 9.17) is 16.3 Å². The number of carbonyl (C=O) groups is 1. The average molecular weight is 444 g/mol. The van der Waals surface area contributed by atoms with Crippen LogP contribution < -0.4 is 5.32 Å². The average Bonchev–Trinajstić information content (AvgIpc) is 2.73. The normalized spacial score (nSPS) is 11.3. The molecule has 0 aliphatic heterocycles. The van der Waals surface area contributed by atoms with E-state index in [1.807, 2.05) is 54.6 Å². The highest BCUT2D eigenvalue weighted by molar-refractivity contribution is 7.90. The molecule has 0 spiro atoms. The van der Waals surface area contributed by atoms with Crippen molar-refractivity contribution in [1.82, 2.24) is 5.32 Å². The fraction of sp³-hybridized carbons (Fsp3) is 0.174. The summed E-state index contributed by atoms with van der Waals surface area (Å²) in [6, 6.07) is 21.6. The molecule has 0 saturated carbocycles. The molecule has 0 bridgehead atoms. The first-order chi connectivity index (χ1) is 14.3. The van der Waals surface area contributed by atoms with Gasteiger partial charge in [-0.1, -0.05) is 66.2 Å². The van der Waals surface area contributed by atoms with E-state index in [9.17, 15) is 13.2 Å². The van der Waals surface area contributed by atoms with E-state index in [-0.39, 0.29) is 22.0 Å². The maximum atomic E-state index is 12.6. The first kappa shape index (κ1) is 22.0. The Labute approximate surface area is 181 Å². The Morgan fingerprint density at radius 2 is 1.60 bits per heavy atom. The van der Waals surface area contributed by atoms with Gasteiger partial charge in [-0.3, -0.25) is 4.79 Å². The van der Waals surface area contributed by atoms with Gasteiger partial charge in [-0.2, -0.15) is 0 Å². The predicted molar refractivity (Wildman–Crippen MR) is 117 cm³/mol. The Morgan fingerprint density at radius 3 is 2.30 bits per heavy atom. The second-order valence-corrected chi connectivity index (χ2v) is 9.27. The largest absolute Gasteiger partial charge is 0.372 e. The number of hydrogen-bond acceptors (Lipinski definition) is 4. The maximum absolute atomic E-state index is 12.6. The van der Waals surface area contributed by atoms with Crippen LogP contribution in [0.4, 0.5) is 0 Å². The molecular weight excluding hydrogens is 422 g/mol. The number of hydrogen-bond donors (Lipinski definition) is 1. The van der Waals surface area contributed by atoms with Crippen LogP contribution in [0.3, 0.4) is 0 Å². The summed E-state index contributed by atoms with van der Waals surface area (Å²) < 4.78 is 29.3. The minimum atomic E-state index is -3.44. The van der Waals surface area contributed by atoms with Gasteiger partial charge in [0.2, 0.25) is 0 Å². The molecule has 5 nitrogen and oxygen atoms in total. The summed E-state index contributed by atoms with van der Waals surface area (Å²) in [5.74, 6) is -0.439. The number of carbonyl (C=O) groups excluding carboxylic acids is 1. The molecule has 3 aromatic rings. The van der Waals surface area contributed by atoms with Crippen molar-refractivity contribution in [2.75, 3.05) is 6.26 Å². The molecule has 1 amide bonds. The van der Waals surface area contributed by atoms with Crippen LogP contribution in [-0.4, -0.2) is 20.6 Å². The zero-order chi connectivity index (χ0) is 21.6.